The zero-order valence-electron chi connectivity index (χ0n) is 9.38. The molecule has 1 heterocycles. The van der Waals surface area contributed by atoms with Crippen molar-refractivity contribution in [3.8, 4) is 0 Å². The van der Waals surface area contributed by atoms with Gasteiger partial charge in [-0.1, -0.05) is 0 Å². The Kier molecular flexibility index (Phi) is 2.45. The van der Waals surface area contributed by atoms with E-state index in [9.17, 15) is 4.39 Å². The summed E-state index contributed by atoms with van der Waals surface area (Å²) in [6.07, 6.45) is 0. The third-order valence-corrected chi connectivity index (χ3v) is 3.00. The number of benzene rings is 1. The first kappa shape index (κ1) is 11.4. The van der Waals surface area contributed by atoms with Crippen LogP contribution in [-0.4, -0.2) is 9.55 Å². The van der Waals surface area contributed by atoms with Crippen molar-refractivity contribution in [1.82, 2.24) is 9.55 Å². The highest BCUT2D eigenvalue weighted by Crippen LogP contribution is 2.29. The van der Waals surface area contributed by atoms with E-state index < -0.39 is 0 Å². The van der Waals surface area contributed by atoms with Crippen molar-refractivity contribution in [3.63, 3.8) is 0 Å². The van der Waals surface area contributed by atoms with Crippen molar-refractivity contribution in [2.45, 2.75) is 26.3 Å². The molecule has 86 valence electrons. The van der Waals surface area contributed by atoms with Gasteiger partial charge in [-0.3, -0.25) is 0 Å². The quantitative estimate of drug-likeness (QED) is 0.807. The Morgan fingerprint density at radius 1 is 1.38 bits per heavy atom. The number of nitrogen functional groups attached to an aromatic ring is 1. The second-order valence-electron chi connectivity index (χ2n) is 4.73. The summed E-state index contributed by atoms with van der Waals surface area (Å²) in [5, 5.41) is 0. The highest BCUT2D eigenvalue weighted by atomic mass is 79.9. The van der Waals surface area contributed by atoms with Crippen LogP contribution in [0.1, 0.15) is 20.8 Å². The first-order chi connectivity index (χ1) is 7.30. The average Bonchev–Trinajstić information content (AvgIpc) is 2.40. The van der Waals surface area contributed by atoms with Crippen LogP contribution in [0.4, 0.5) is 10.3 Å². The Hall–Kier alpha value is -1.10. The minimum absolute atomic E-state index is 0.223. The molecule has 3 nitrogen and oxygen atoms in total. The predicted octanol–water partition coefficient (Wildman–Crippen LogP) is 3.28. The lowest BCUT2D eigenvalue weighted by atomic mass is 10.1. The highest BCUT2D eigenvalue weighted by Gasteiger charge is 2.20. The SMILES string of the molecule is CC(C)(C)n1c(N)nc2cc(Br)c(F)cc21. The van der Waals surface area contributed by atoms with E-state index in [0.717, 1.165) is 0 Å². The van der Waals surface area contributed by atoms with Crippen molar-refractivity contribution in [1.29, 1.82) is 0 Å². The number of imidazole rings is 1. The summed E-state index contributed by atoms with van der Waals surface area (Å²) in [4.78, 5) is 4.23. The van der Waals surface area contributed by atoms with Crippen LogP contribution in [0.25, 0.3) is 11.0 Å². The maximum absolute atomic E-state index is 13.5. The molecule has 0 aliphatic heterocycles. The van der Waals surface area contributed by atoms with Gasteiger partial charge in [0.15, 0.2) is 0 Å². The van der Waals surface area contributed by atoms with E-state index in [4.69, 9.17) is 5.73 Å². The lowest BCUT2D eigenvalue weighted by Gasteiger charge is -2.23. The second-order valence-corrected chi connectivity index (χ2v) is 5.59. The number of anilines is 1. The molecule has 1 aromatic carbocycles. The Bertz CT molecular complexity index is 554. The first-order valence-corrected chi connectivity index (χ1v) is 5.73. The van der Waals surface area contributed by atoms with Crippen LogP contribution in [0.15, 0.2) is 16.6 Å². The molecule has 0 aliphatic rings. The third kappa shape index (κ3) is 1.69. The molecule has 0 aliphatic carbocycles. The number of nitrogens with zero attached hydrogens (tertiary/aromatic N) is 2. The summed E-state index contributed by atoms with van der Waals surface area (Å²) in [6.45, 7) is 6.01. The van der Waals surface area contributed by atoms with E-state index in [2.05, 4.69) is 20.9 Å². The van der Waals surface area contributed by atoms with Gasteiger partial charge in [0.1, 0.15) is 5.82 Å². The normalized spacial score (nSPS) is 12.3. The molecule has 5 heteroatoms. The van der Waals surface area contributed by atoms with Gasteiger partial charge in [0.2, 0.25) is 5.95 Å². The van der Waals surface area contributed by atoms with E-state index in [1.165, 1.54) is 6.07 Å². The summed E-state index contributed by atoms with van der Waals surface area (Å²) >= 11 is 3.14. The van der Waals surface area contributed by atoms with E-state index >= 15 is 0 Å². The average molecular weight is 286 g/mol. The van der Waals surface area contributed by atoms with Gasteiger partial charge in [-0.2, -0.15) is 0 Å². The molecule has 0 saturated carbocycles. The molecule has 0 saturated heterocycles. The number of halogens is 2. The predicted molar refractivity (Wildman–Crippen MR) is 66.8 cm³/mol. The Morgan fingerprint density at radius 3 is 2.56 bits per heavy atom. The Balaban J connectivity index is 2.84. The van der Waals surface area contributed by atoms with Crippen LogP contribution < -0.4 is 5.73 Å². The zero-order chi connectivity index (χ0) is 12.1. The third-order valence-electron chi connectivity index (χ3n) is 2.39. The van der Waals surface area contributed by atoms with E-state index in [0.29, 0.717) is 21.5 Å². The fourth-order valence-electron chi connectivity index (χ4n) is 1.80. The van der Waals surface area contributed by atoms with Crippen LogP contribution >= 0.6 is 15.9 Å². The van der Waals surface area contributed by atoms with Gasteiger partial charge >= 0.3 is 0 Å². The molecule has 0 fully saturated rings. The molecule has 0 atom stereocenters. The van der Waals surface area contributed by atoms with Gasteiger partial charge in [-0.05, 0) is 42.8 Å². The van der Waals surface area contributed by atoms with Crippen molar-refractivity contribution in [3.05, 3.63) is 22.4 Å². The molecule has 2 aromatic rings. The Morgan fingerprint density at radius 2 is 2.00 bits per heavy atom. The summed E-state index contributed by atoms with van der Waals surface area (Å²) in [5.41, 5.74) is 7.04. The summed E-state index contributed by atoms with van der Waals surface area (Å²) in [7, 11) is 0. The highest BCUT2D eigenvalue weighted by molar-refractivity contribution is 9.10. The van der Waals surface area contributed by atoms with Gasteiger partial charge in [0, 0.05) is 11.6 Å². The standard InChI is InChI=1S/C11H13BrFN3/c1-11(2,3)16-9-5-7(13)6(12)4-8(9)15-10(16)14/h4-5H,1-3H3,(H2,14,15). The topological polar surface area (TPSA) is 43.8 Å². The van der Waals surface area contributed by atoms with Crippen molar-refractivity contribution in [2.75, 3.05) is 5.73 Å². The number of hydrogen-bond acceptors (Lipinski definition) is 2. The molecule has 2 rings (SSSR count). The van der Waals surface area contributed by atoms with Crippen LogP contribution in [0.3, 0.4) is 0 Å². The van der Waals surface area contributed by atoms with Crippen LogP contribution in [0.5, 0.6) is 0 Å². The summed E-state index contributed by atoms with van der Waals surface area (Å²) in [6, 6.07) is 3.09. The smallest absolute Gasteiger partial charge is 0.201 e. The van der Waals surface area contributed by atoms with E-state index in [1.807, 2.05) is 25.3 Å². The van der Waals surface area contributed by atoms with Crippen molar-refractivity contribution < 1.29 is 4.39 Å². The number of rotatable bonds is 0. The lowest BCUT2D eigenvalue weighted by molar-refractivity contribution is 0.414. The van der Waals surface area contributed by atoms with E-state index in [1.54, 1.807) is 6.07 Å². The molecule has 0 radical (unpaired) electrons. The van der Waals surface area contributed by atoms with Crippen LogP contribution in [0, 0.1) is 5.82 Å². The fourth-order valence-corrected chi connectivity index (χ4v) is 2.13. The van der Waals surface area contributed by atoms with Crippen molar-refractivity contribution in [2.24, 2.45) is 0 Å². The summed E-state index contributed by atoms with van der Waals surface area (Å²) < 4.78 is 15.7. The molecular weight excluding hydrogens is 273 g/mol. The molecule has 16 heavy (non-hydrogen) atoms. The fraction of sp³-hybridized carbons (Fsp3) is 0.364. The lowest BCUT2D eigenvalue weighted by Crippen LogP contribution is -2.23. The Labute approximate surface area is 102 Å². The molecule has 0 amide bonds. The van der Waals surface area contributed by atoms with E-state index in [-0.39, 0.29) is 11.4 Å². The number of aromatic nitrogens is 2. The van der Waals surface area contributed by atoms with Gasteiger partial charge < -0.3 is 10.3 Å². The molecular formula is C11H13BrFN3. The summed E-state index contributed by atoms with van der Waals surface area (Å²) in [5.74, 6) is 0.0953. The van der Waals surface area contributed by atoms with Crippen LogP contribution in [0.2, 0.25) is 0 Å². The molecule has 0 unspecified atom stereocenters. The molecule has 2 N–H and O–H groups in total. The second kappa shape index (κ2) is 3.45. The maximum atomic E-state index is 13.5. The largest absolute Gasteiger partial charge is 0.369 e. The molecule has 0 bridgehead atoms. The van der Waals surface area contributed by atoms with Crippen LogP contribution in [-0.2, 0) is 5.54 Å². The van der Waals surface area contributed by atoms with Gasteiger partial charge in [0.05, 0.1) is 15.5 Å². The van der Waals surface area contributed by atoms with Gasteiger partial charge in [-0.15, -0.1) is 0 Å². The van der Waals surface area contributed by atoms with Crippen molar-refractivity contribution >= 4 is 32.9 Å². The van der Waals surface area contributed by atoms with Gasteiger partial charge in [0.25, 0.3) is 0 Å². The zero-order valence-corrected chi connectivity index (χ0v) is 11.0. The number of hydrogen-bond donors (Lipinski definition) is 1. The maximum Gasteiger partial charge on any atom is 0.201 e. The molecule has 1 aromatic heterocycles. The minimum Gasteiger partial charge on any atom is -0.369 e. The number of nitrogens with two attached hydrogens (primary N) is 1. The minimum atomic E-state index is -0.307. The molecule has 0 spiro atoms. The number of fused-ring (bicyclic) bond motifs is 1. The van der Waals surface area contributed by atoms with Gasteiger partial charge in [-0.25, -0.2) is 9.37 Å². The first-order valence-electron chi connectivity index (χ1n) is 4.94. The monoisotopic (exact) mass is 285 g/mol.